The molecular formula is C33H41N9O. The summed E-state index contributed by atoms with van der Waals surface area (Å²) in [7, 11) is 4.30. The van der Waals surface area contributed by atoms with Crippen molar-refractivity contribution in [1.29, 1.82) is 0 Å². The van der Waals surface area contributed by atoms with Crippen LogP contribution in [0, 0.1) is 0 Å². The van der Waals surface area contributed by atoms with E-state index in [4.69, 9.17) is 9.97 Å². The lowest BCUT2D eigenvalue weighted by Gasteiger charge is -2.33. The number of aromatic nitrogens is 4. The first kappa shape index (κ1) is 29.8. The smallest absolute Gasteiger partial charge is 0.255 e. The predicted octanol–water partition coefficient (Wildman–Crippen LogP) is 6.64. The summed E-state index contributed by atoms with van der Waals surface area (Å²) in [4.78, 5) is 25.0. The Morgan fingerprint density at radius 1 is 1.00 bits per heavy atom. The van der Waals surface area contributed by atoms with Crippen molar-refractivity contribution < 1.29 is 4.79 Å². The monoisotopic (exact) mass is 579 g/mol. The Morgan fingerprint density at radius 3 is 2.40 bits per heavy atom. The molecule has 224 valence electrons. The molecule has 10 nitrogen and oxygen atoms in total. The number of allylic oxidation sites excluding steroid dienone is 1. The van der Waals surface area contributed by atoms with Crippen LogP contribution in [0.15, 0.2) is 79.7 Å². The number of carbonyl (C=O) groups excluding carboxylic acids is 1. The van der Waals surface area contributed by atoms with Gasteiger partial charge in [0, 0.05) is 46.0 Å². The highest BCUT2D eigenvalue weighted by atomic mass is 16.1. The summed E-state index contributed by atoms with van der Waals surface area (Å²) in [6.45, 7) is 11.8. The molecule has 4 N–H and O–H groups in total. The summed E-state index contributed by atoms with van der Waals surface area (Å²) in [6.07, 6.45) is 7.93. The summed E-state index contributed by atoms with van der Waals surface area (Å²) in [5.41, 5.74) is 5.31. The second-order valence-electron chi connectivity index (χ2n) is 11.6. The van der Waals surface area contributed by atoms with Crippen molar-refractivity contribution >= 4 is 40.5 Å². The third kappa shape index (κ3) is 7.21. The maximum atomic E-state index is 13.0. The van der Waals surface area contributed by atoms with Crippen LogP contribution in [-0.4, -0.2) is 56.6 Å². The van der Waals surface area contributed by atoms with Gasteiger partial charge in [0.15, 0.2) is 5.65 Å². The molecule has 2 aromatic heterocycles. The molecule has 1 saturated carbocycles. The van der Waals surface area contributed by atoms with Gasteiger partial charge >= 0.3 is 0 Å². The molecule has 1 fully saturated rings. The molecule has 2 aromatic carbocycles. The number of anilines is 5. The van der Waals surface area contributed by atoms with Crippen LogP contribution in [0.3, 0.4) is 0 Å². The highest BCUT2D eigenvalue weighted by molar-refractivity contribution is 6.04. The average molecular weight is 580 g/mol. The van der Waals surface area contributed by atoms with Crippen molar-refractivity contribution in [2.75, 3.05) is 35.4 Å². The summed E-state index contributed by atoms with van der Waals surface area (Å²) < 4.78 is 1.74. The van der Waals surface area contributed by atoms with E-state index in [0.29, 0.717) is 40.9 Å². The molecule has 10 heteroatoms. The normalized spacial score (nSPS) is 16.7. The molecule has 4 aromatic rings. The van der Waals surface area contributed by atoms with Crippen LogP contribution < -0.4 is 21.3 Å². The maximum Gasteiger partial charge on any atom is 0.255 e. The molecule has 0 radical (unpaired) electrons. The highest BCUT2D eigenvalue weighted by Crippen LogP contribution is 2.28. The van der Waals surface area contributed by atoms with Crippen LogP contribution in [0.2, 0.25) is 0 Å². The molecule has 0 atom stereocenters. The largest absolute Gasteiger partial charge is 0.356 e. The van der Waals surface area contributed by atoms with Crippen molar-refractivity contribution in [3.63, 3.8) is 0 Å². The Hall–Kier alpha value is -4.70. The van der Waals surface area contributed by atoms with Gasteiger partial charge in [-0.15, -0.1) is 0 Å². The molecule has 1 aliphatic carbocycles. The number of carbonyl (C=O) groups is 1. The topological polar surface area (TPSA) is 112 Å². The van der Waals surface area contributed by atoms with E-state index in [2.05, 4.69) is 72.4 Å². The van der Waals surface area contributed by atoms with Crippen molar-refractivity contribution in [3.05, 3.63) is 90.8 Å². The number of nitrogens with zero attached hydrogens (tertiary/aromatic N) is 5. The van der Waals surface area contributed by atoms with E-state index in [1.54, 1.807) is 22.7 Å². The molecule has 0 unspecified atom stereocenters. The number of fused-ring (bicyclic) bond motifs is 1. The third-order valence-electron chi connectivity index (χ3n) is 7.85. The van der Waals surface area contributed by atoms with Gasteiger partial charge in [-0.25, -0.2) is 0 Å². The molecule has 1 amide bonds. The van der Waals surface area contributed by atoms with E-state index < -0.39 is 0 Å². The number of rotatable bonds is 11. The van der Waals surface area contributed by atoms with Crippen LogP contribution in [0.5, 0.6) is 0 Å². The van der Waals surface area contributed by atoms with Gasteiger partial charge in [-0.05, 0) is 94.2 Å². The number of nitrogens with one attached hydrogen (secondary N) is 4. The maximum absolute atomic E-state index is 13.0. The fraction of sp³-hybridized carbons (Fsp3) is 0.333. The summed E-state index contributed by atoms with van der Waals surface area (Å²) in [6, 6.07) is 15.7. The van der Waals surface area contributed by atoms with Gasteiger partial charge in [0.25, 0.3) is 5.91 Å². The first-order valence-corrected chi connectivity index (χ1v) is 14.8. The zero-order chi connectivity index (χ0) is 30.5. The minimum Gasteiger partial charge on any atom is -0.356 e. The number of amides is 1. The summed E-state index contributed by atoms with van der Waals surface area (Å²) in [5, 5.41) is 17.7. The van der Waals surface area contributed by atoms with Crippen molar-refractivity contribution in [2.24, 2.45) is 0 Å². The Bertz CT molecular complexity index is 1600. The molecule has 0 aliphatic heterocycles. The molecule has 2 heterocycles. The minimum absolute atomic E-state index is 0.209. The molecule has 0 bridgehead atoms. The lowest BCUT2D eigenvalue weighted by Crippen LogP contribution is -2.36. The van der Waals surface area contributed by atoms with E-state index >= 15 is 0 Å². The van der Waals surface area contributed by atoms with Crippen molar-refractivity contribution in [3.8, 4) is 0 Å². The van der Waals surface area contributed by atoms with Gasteiger partial charge in [0.1, 0.15) is 0 Å². The molecule has 1 aliphatic rings. The molecule has 43 heavy (non-hydrogen) atoms. The zero-order valence-corrected chi connectivity index (χ0v) is 25.4. The van der Waals surface area contributed by atoms with Gasteiger partial charge in [0.05, 0.1) is 6.20 Å². The average Bonchev–Trinajstić information content (AvgIpc) is 3.43. The Balaban J connectivity index is 1.33. The molecule has 0 saturated heterocycles. The van der Waals surface area contributed by atoms with E-state index in [1.807, 2.05) is 42.6 Å². The predicted molar refractivity (Wildman–Crippen MR) is 175 cm³/mol. The van der Waals surface area contributed by atoms with Crippen LogP contribution in [-0.2, 0) is 0 Å². The Morgan fingerprint density at radius 2 is 1.72 bits per heavy atom. The highest BCUT2D eigenvalue weighted by Gasteiger charge is 2.24. The number of benzene rings is 2. The van der Waals surface area contributed by atoms with Crippen LogP contribution in [0.25, 0.3) is 5.65 Å². The van der Waals surface area contributed by atoms with Crippen LogP contribution in [0.1, 0.15) is 61.4 Å². The van der Waals surface area contributed by atoms with Gasteiger partial charge < -0.3 is 26.2 Å². The Labute approximate surface area is 253 Å². The van der Waals surface area contributed by atoms with Gasteiger partial charge in [-0.2, -0.15) is 19.6 Å². The molecule has 5 rings (SSSR count). The fourth-order valence-electron chi connectivity index (χ4n) is 5.31. The van der Waals surface area contributed by atoms with E-state index in [0.717, 1.165) is 48.3 Å². The van der Waals surface area contributed by atoms with Crippen molar-refractivity contribution in [1.82, 2.24) is 24.5 Å². The lowest BCUT2D eigenvalue weighted by atomic mass is 9.91. The Kier molecular flexibility index (Phi) is 9.06. The summed E-state index contributed by atoms with van der Waals surface area (Å²) in [5.74, 6) is 1.19. The first-order chi connectivity index (χ1) is 20.7. The molecular weight excluding hydrogens is 538 g/mol. The second kappa shape index (κ2) is 13.1. The fourth-order valence-corrected chi connectivity index (χ4v) is 5.31. The molecule has 0 spiro atoms. The number of hydrogen-bond donors (Lipinski definition) is 4. The second-order valence-corrected chi connectivity index (χ2v) is 11.6. The zero-order valence-electron chi connectivity index (χ0n) is 25.4. The number of hydrogen-bond acceptors (Lipinski definition) is 8. The van der Waals surface area contributed by atoms with Crippen LogP contribution >= 0.6 is 0 Å². The van der Waals surface area contributed by atoms with E-state index in [9.17, 15) is 4.79 Å². The standard InChI is InChI=1S/C33H41N9O/c1-7-22(4)35-24-13-11-23(12-14-24)31(43)36-26-9-8-10-27(19-26)38-33-40-32(37-25-15-17-28(18-16-25)41(5)6)39-30-29(21(2)3)20-34-42(30)33/h7-14,19-21,25,28,35H,1,4,15-18H2,2-3,5-6H3,(H,36,43)(H2,37,38,39,40). The SMILES string of the molecule is C=CC(=C)Nc1ccc(C(=O)Nc2cccc(Nc3nc(NC4CCC(N(C)C)CC4)nc4c(C(C)C)cnn34)c2)cc1. The third-order valence-corrected chi connectivity index (χ3v) is 7.85. The first-order valence-electron chi connectivity index (χ1n) is 14.8. The minimum atomic E-state index is -0.209. The summed E-state index contributed by atoms with van der Waals surface area (Å²) >= 11 is 0. The quantitative estimate of drug-likeness (QED) is 0.146. The van der Waals surface area contributed by atoms with Gasteiger partial charge in [-0.3, -0.25) is 4.79 Å². The van der Waals surface area contributed by atoms with Gasteiger partial charge in [-0.1, -0.05) is 33.1 Å². The van der Waals surface area contributed by atoms with Gasteiger partial charge in [0.2, 0.25) is 11.9 Å². The van der Waals surface area contributed by atoms with Crippen molar-refractivity contribution in [2.45, 2.75) is 57.5 Å². The lowest BCUT2D eigenvalue weighted by molar-refractivity contribution is 0.102. The van der Waals surface area contributed by atoms with E-state index in [-0.39, 0.29) is 11.8 Å². The van der Waals surface area contributed by atoms with Crippen LogP contribution in [0.4, 0.5) is 29.0 Å². The van der Waals surface area contributed by atoms with E-state index in [1.165, 1.54) is 0 Å².